The molecule has 1 aromatic rings. The van der Waals surface area contributed by atoms with Gasteiger partial charge in [0.15, 0.2) is 5.78 Å². The molecule has 4 heteroatoms. The fourth-order valence-corrected chi connectivity index (χ4v) is 2.25. The van der Waals surface area contributed by atoms with Crippen molar-refractivity contribution in [3.63, 3.8) is 0 Å². The molecule has 0 amide bonds. The maximum Gasteiger partial charge on any atom is 0.461 e. The Bertz CT molecular complexity index is 466. The summed E-state index contributed by atoms with van der Waals surface area (Å²) in [4.78, 5) is 12.2. The van der Waals surface area contributed by atoms with Gasteiger partial charge >= 0.3 is 7.12 Å². The molecule has 0 aromatic heterocycles. The molecule has 1 aromatic carbocycles. The van der Waals surface area contributed by atoms with Crippen LogP contribution in [0, 0.1) is 0 Å². The fourth-order valence-electron chi connectivity index (χ4n) is 2.25. The maximum absolute atomic E-state index is 12.2. The Labute approximate surface area is 121 Å². The van der Waals surface area contributed by atoms with Crippen molar-refractivity contribution in [2.24, 2.45) is 0 Å². The molecule has 1 aliphatic rings. The van der Waals surface area contributed by atoms with Crippen LogP contribution in [0.1, 0.15) is 51.4 Å². The lowest BCUT2D eigenvalue weighted by Crippen LogP contribution is -2.41. The highest BCUT2D eigenvalue weighted by Crippen LogP contribution is 2.40. The molecule has 1 atom stereocenters. The van der Waals surface area contributed by atoms with Crippen molar-refractivity contribution >= 4 is 12.9 Å². The molecule has 20 heavy (non-hydrogen) atoms. The summed E-state index contributed by atoms with van der Waals surface area (Å²) in [5.74, 6) is 0.163. The van der Waals surface area contributed by atoms with E-state index < -0.39 is 0 Å². The van der Waals surface area contributed by atoms with Crippen LogP contribution < -0.4 is 0 Å². The fraction of sp³-hybridized carbons (Fsp3) is 0.562. The second-order valence-corrected chi connectivity index (χ2v) is 6.60. The molecular weight excluding hydrogens is 251 g/mol. The highest BCUT2D eigenvalue weighted by molar-refractivity contribution is 6.47. The molecule has 0 radical (unpaired) electrons. The smallest absolute Gasteiger partial charge is 0.403 e. The molecule has 0 unspecified atom stereocenters. The molecule has 0 N–H and O–H groups in total. The van der Waals surface area contributed by atoms with Crippen LogP contribution in [0.2, 0.25) is 5.82 Å². The van der Waals surface area contributed by atoms with Gasteiger partial charge in [-0.25, -0.2) is 0 Å². The quantitative estimate of drug-likeness (QED) is 0.619. The SMILES string of the molecule is C[C@H](CC(=O)c1ccccc1)B1OC(C)(C)C(C)(C)O1. The van der Waals surface area contributed by atoms with Crippen LogP contribution in [-0.4, -0.2) is 24.1 Å². The standard InChI is InChI=1S/C16H23BO3/c1-12(11-14(18)13-9-7-6-8-10-13)17-19-15(2,3)16(4,5)20-17/h6-10,12H,11H2,1-5H3/t12-/m1/s1. The summed E-state index contributed by atoms with van der Waals surface area (Å²) >= 11 is 0. The van der Waals surface area contributed by atoms with E-state index in [1.54, 1.807) is 0 Å². The molecule has 2 rings (SSSR count). The van der Waals surface area contributed by atoms with Crippen LogP contribution in [0.15, 0.2) is 30.3 Å². The van der Waals surface area contributed by atoms with Gasteiger partial charge in [-0.05, 0) is 33.5 Å². The van der Waals surface area contributed by atoms with E-state index >= 15 is 0 Å². The Hall–Kier alpha value is -1.13. The lowest BCUT2D eigenvalue weighted by Gasteiger charge is -2.32. The number of carbonyl (C=O) groups is 1. The molecule has 1 aliphatic heterocycles. The summed E-state index contributed by atoms with van der Waals surface area (Å²) < 4.78 is 12.0. The molecule has 0 bridgehead atoms. The number of hydrogen-bond acceptors (Lipinski definition) is 3. The Balaban J connectivity index is 2.00. The van der Waals surface area contributed by atoms with Crippen molar-refractivity contribution < 1.29 is 14.1 Å². The molecule has 1 fully saturated rings. The predicted molar refractivity (Wildman–Crippen MR) is 80.9 cm³/mol. The van der Waals surface area contributed by atoms with Gasteiger partial charge in [-0.15, -0.1) is 0 Å². The Kier molecular flexibility index (Phi) is 4.08. The average molecular weight is 274 g/mol. The van der Waals surface area contributed by atoms with Crippen LogP contribution in [-0.2, 0) is 9.31 Å². The van der Waals surface area contributed by atoms with Crippen molar-refractivity contribution in [3.05, 3.63) is 35.9 Å². The van der Waals surface area contributed by atoms with E-state index in [1.165, 1.54) is 0 Å². The van der Waals surface area contributed by atoms with E-state index in [-0.39, 0.29) is 29.9 Å². The van der Waals surface area contributed by atoms with Crippen LogP contribution >= 0.6 is 0 Å². The molecule has 0 saturated carbocycles. The van der Waals surface area contributed by atoms with Gasteiger partial charge < -0.3 is 9.31 Å². The Morgan fingerprint density at radius 2 is 1.60 bits per heavy atom. The minimum atomic E-state index is -0.346. The summed E-state index contributed by atoms with van der Waals surface area (Å²) in [5.41, 5.74) is 0.0551. The molecule has 3 nitrogen and oxygen atoms in total. The van der Waals surface area contributed by atoms with E-state index in [0.717, 1.165) is 5.56 Å². The summed E-state index contributed by atoms with van der Waals surface area (Å²) in [6.45, 7) is 10.1. The van der Waals surface area contributed by atoms with Gasteiger partial charge in [0.2, 0.25) is 0 Å². The molecule has 0 spiro atoms. The first-order valence-corrected chi connectivity index (χ1v) is 7.17. The number of benzene rings is 1. The van der Waals surface area contributed by atoms with Gasteiger partial charge in [-0.2, -0.15) is 0 Å². The zero-order chi connectivity index (χ0) is 15.0. The highest BCUT2D eigenvalue weighted by atomic mass is 16.7. The normalized spacial score (nSPS) is 21.8. The minimum Gasteiger partial charge on any atom is -0.403 e. The van der Waals surface area contributed by atoms with Crippen LogP contribution in [0.5, 0.6) is 0 Å². The second kappa shape index (κ2) is 5.34. The molecule has 0 aliphatic carbocycles. The summed E-state index contributed by atoms with van der Waals surface area (Å²) in [6, 6.07) is 9.37. The zero-order valence-electron chi connectivity index (χ0n) is 13.0. The lowest BCUT2D eigenvalue weighted by atomic mass is 9.70. The van der Waals surface area contributed by atoms with Crippen LogP contribution in [0.4, 0.5) is 0 Å². The van der Waals surface area contributed by atoms with Gasteiger partial charge in [0, 0.05) is 12.0 Å². The van der Waals surface area contributed by atoms with Crippen molar-refractivity contribution in [2.75, 3.05) is 0 Å². The summed E-state index contributed by atoms with van der Waals surface area (Å²) in [5, 5.41) is 0. The topological polar surface area (TPSA) is 35.5 Å². The molecule has 108 valence electrons. The van der Waals surface area contributed by atoms with Gasteiger partial charge in [-0.3, -0.25) is 4.79 Å². The minimum absolute atomic E-state index is 0.0313. The van der Waals surface area contributed by atoms with Crippen LogP contribution in [0.25, 0.3) is 0 Å². The molecule has 1 saturated heterocycles. The van der Waals surface area contributed by atoms with Crippen LogP contribution in [0.3, 0.4) is 0 Å². The van der Waals surface area contributed by atoms with Crippen molar-refractivity contribution in [2.45, 2.75) is 58.1 Å². The van der Waals surface area contributed by atoms with Gasteiger partial charge in [0.1, 0.15) is 0 Å². The number of ketones is 1. The first kappa shape index (κ1) is 15.3. The van der Waals surface area contributed by atoms with E-state index in [2.05, 4.69) is 0 Å². The Morgan fingerprint density at radius 3 is 2.10 bits per heavy atom. The van der Waals surface area contributed by atoms with Gasteiger partial charge in [-0.1, -0.05) is 37.3 Å². The van der Waals surface area contributed by atoms with Crippen molar-refractivity contribution in [1.29, 1.82) is 0 Å². The Morgan fingerprint density at radius 1 is 1.10 bits per heavy atom. The average Bonchev–Trinajstić information content (AvgIpc) is 2.59. The highest BCUT2D eigenvalue weighted by Gasteiger charge is 2.52. The number of Topliss-reactive ketones (excluding diaryl/α,β-unsaturated/α-hetero) is 1. The van der Waals surface area contributed by atoms with E-state index in [4.69, 9.17) is 9.31 Å². The van der Waals surface area contributed by atoms with E-state index in [0.29, 0.717) is 6.42 Å². The van der Waals surface area contributed by atoms with E-state index in [1.807, 2.05) is 65.0 Å². The molecule has 1 heterocycles. The molecular formula is C16H23BO3. The van der Waals surface area contributed by atoms with Crippen molar-refractivity contribution in [1.82, 2.24) is 0 Å². The first-order valence-electron chi connectivity index (χ1n) is 7.17. The third kappa shape index (κ3) is 2.96. The van der Waals surface area contributed by atoms with Crippen molar-refractivity contribution in [3.8, 4) is 0 Å². The van der Waals surface area contributed by atoms with Gasteiger partial charge in [0.25, 0.3) is 0 Å². The third-order valence-corrected chi connectivity index (χ3v) is 4.34. The van der Waals surface area contributed by atoms with E-state index in [9.17, 15) is 4.79 Å². The lowest BCUT2D eigenvalue weighted by molar-refractivity contribution is 0.00578. The third-order valence-electron chi connectivity index (χ3n) is 4.34. The maximum atomic E-state index is 12.2. The number of rotatable bonds is 4. The summed E-state index contributed by atoms with van der Waals surface area (Å²) in [7, 11) is -0.326. The monoisotopic (exact) mass is 274 g/mol. The largest absolute Gasteiger partial charge is 0.461 e. The number of carbonyl (C=O) groups excluding carboxylic acids is 1. The number of hydrogen-bond donors (Lipinski definition) is 0. The predicted octanol–water partition coefficient (Wildman–Crippen LogP) is 3.74. The summed E-state index contributed by atoms with van der Waals surface area (Å²) in [6.07, 6.45) is 0.431. The first-order chi connectivity index (χ1) is 9.23. The van der Waals surface area contributed by atoms with Gasteiger partial charge in [0.05, 0.1) is 11.2 Å². The zero-order valence-corrected chi connectivity index (χ0v) is 13.0. The second-order valence-electron chi connectivity index (χ2n) is 6.60.